The van der Waals surface area contributed by atoms with Crippen molar-refractivity contribution in [3.63, 3.8) is 0 Å². The molecule has 1 N–H and O–H groups in total. The fraction of sp³-hybridized carbons (Fsp3) is 0.143. The van der Waals surface area contributed by atoms with Gasteiger partial charge in [0.15, 0.2) is 0 Å². The molecule has 0 spiro atoms. The molecule has 106 valence electrons. The van der Waals surface area contributed by atoms with Crippen LogP contribution in [0.15, 0.2) is 36.7 Å². The van der Waals surface area contributed by atoms with Gasteiger partial charge in [-0.15, -0.1) is 0 Å². The standard InChI is InChI=1S/C14H11FN4O2/c1-9(11-5-12(15)8-17-7-11)18-13-4-10(6-16)2-3-14(13)19(20)21/h2-5,7-9,18H,1H3. The number of nitrogens with one attached hydrogen (secondary N) is 1. The maximum Gasteiger partial charge on any atom is 0.292 e. The fourth-order valence-corrected chi connectivity index (χ4v) is 1.86. The highest BCUT2D eigenvalue weighted by Gasteiger charge is 2.17. The van der Waals surface area contributed by atoms with Crippen molar-refractivity contribution in [2.75, 3.05) is 5.32 Å². The number of nitrogens with zero attached hydrogens (tertiary/aromatic N) is 3. The fourth-order valence-electron chi connectivity index (χ4n) is 1.86. The molecule has 7 heteroatoms. The average molecular weight is 286 g/mol. The van der Waals surface area contributed by atoms with E-state index in [4.69, 9.17) is 5.26 Å². The number of aromatic nitrogens is 1. The molecule has 0 saturated heterocycles. The van der Waals surface area contributed by atoms with E-state index < -0.39 is 16.8 Å². The van der Waals surface area contributed by atoms with Gasteiger partial charge in [-0.2, -0.15) is 5.26 Å². The van der Waals surface area contributed by atoms with E-state index in [2.05, 4.69) is 10.3 Å². The predicted molar refractivity (Wildman–Crippen MR) is 74.0 cm³/mol. The van der Waals surface area contributed by atoms with Crippen molar-refractivity contribution in [1.82, 2.24) is 4.98 Å². The maximum absolute atomic E-state index is 13.2. The lowest BCUT2D eigenvalue weighted by Gasteiger charge is -2.15. The van der Waals surface area contributed by atoms with Crippen LogP contribution < -0.4 is 5.32 Å². The summed E-state index contributed by atoms with van der Waals surface area (Å²) in [6.07, 6.45) is 2.55. The number of halogens is 1. The van der Waals surface area contributed by atoms with Gasteiger partial charge in [0.2, 0.25) is 0 Å². The van der Waals surface area contributed by atoms with E-state index in [0.717, 1.165) is 6.20 Å². The Morgan fingerprint density at radius 3 is 2.81 bits per heavy atom. The highest BCUT2D eigenvalue weighted by molar-refractivity contribution is 5.65. The second-order valence-electron chi connectivity index (χ2n) is 4.40. The Balaban J connectivity index is 2.34. The summed E-state index contributed by atoms with van der Waals surface area (Å²) in [7, 11) is 0. The molecule has 1 aromatic carbocycles. The summed E-state index contributed by atoms with van der Waals surface area (Å²) in [5, 5.41) is 22.8. The summed E-state index contributed by atoms with van der Waals surface area (Å²) in [4.78, 5) is 14.2. The van der Waals surface area contributed by atoms with Crippen LogP contribution >= 0.6 is 0 Å². The summed E-state index contributed by atoms with van der Waals surface area (Å²) in [6, 6.07) is 6.84. The summed E-state index contributed by atoms with van der Waals surface area (Å²) in [5.74, 6) is -0.485. The third-order valence-electron chi connectivity index (χ3n) is 2.92. The Morgan fingerprint density at radius 1 is 1.43 bits per heavy atom. The number of nitro groups is 1. The van der Waals surface area contributed by atoms with E-state index in [1.54, 1.807) is 6.92 Å². The molecule has 2 aromatic rings. The van der Waals surface area contributed by atoms with Crippen molar-refractivity contribution in [3.8, 4) is 6.07 Å². The number of hydrogen-bond acceptors (Lipinski definition) is 5. The lowest BCUT2D eigenvalue weighted by Crippen LogP contribution is -2.09. The third-order valence-corrected chi connectivity index (χ3v) is 2.92. The molecule has 2 rings (SSSR count). The van der Waals surface area contributed by atoms with E-state index in [-0.39, 0.29) is 11.4 Å². The first kappa shape index (κ1) is 14.4. The topological polar surface area (TPSA) is 91.8 Å². The zero-order valence-electron chi connectivity index (χ0n) is 11.1. The van der Waals surface area contributed by atoms with E-state index in [1.165, 1.54) is 30.5 Å². The van der Waals surface area contributed by atoms with Crippen LogP contribution in [0.25, 0.3) is 0 Å². The van der Waals surface area contributed by atoms with Crippen LogP contribution in [-0.4, -0.2) is 9.91 Å². The Kier molecular flexibility index (Phi) is 4.09. The third kappa shape index (κ3) is 3.30. The average Bonchev–Trinajstić information content (AvgIpc) is 2.46. The number of hydrogen-bond donors (Lipinski definition) is 1. The molecule has 1 unspecified atom stereocenters. The van der Waals surface area contributed by atoms with Crippen LogP contribution in [0.4, 0.5) is 15.8 Å². The zero-order valence-corrected chi connectivity index (χ0v) is 11.1. The van der Waals surface area contributed by atoms with E-state index in [1.807, 2.05) is 6.07 Å². The maximum atomic E-state index is 13.2. The molecule has 0 aliphatic carbocycles. The van der Waals surface area contributed by atoms with Gasteiger partial charge in [0.05, 0.1) is 28.8 Å². The van der Waals surface area contributed by atoms with E-state index in [0.29, 0.717) is 11.1 Å². The first-order chi connectivity index (χ1) is 10.0. The molecular formula is C14H11FN4O2. The van der Waals surface area contributed by atoms with Crippen molar-refractivity contribution in [3.05, 3.63) is 63.7 Å². The number of anilines is 1. The molecule has 21 heavy (non-hydrogen) atoms. The molecular weight excluding hydrogens is 275 g/mol. The molecule has 1 heterocycles. The Hall–Kier alpha value is -3.01. The van der Waals surface area contributed by atoms with E-state index >= 15 is 0 Å². The Bertz CT molecular complexity index is 727. The first-order valence-corrected chi connectivity index (χ1v) is 6.07. The largest absolute Gasteiger partial charge is 0.373 e. The van der Waals surface area contributed by atoms with Crippen LogP contribution in [0.2, 0.25) is 0 Å². The van der Waals surface area contributed by atoms with Crippen molar-refractivity contribution >= 4 is 11.4 Å². The van der Waals surface area contributed by atoms with Gasteiger partial charge in [0.25, 0.3) is 5.69 Å². The van der Waals surface area contributed by atoms with Gasteiger partial charge in [-0.25, -0.2) is 4.39 Å². The Labute approximate surface area is 120 Å². The second-order valence-corrected chi connectivity index (χ2v) is 4.40. The summed E-state index contributed by atoms with van der Waals surface area (Å²) in [6.45, 7) is 1.72. The molecule has 0 fully saturated rings. The quantitative estimate of drug-likeness (QED) is 0.688. The highest BCUT2D eigenvalue weighted by atomic mass is 19.1. The van der Waals surface area contributed by atoms with Gasteiger partial charge in [-0.1, -0.05) is 0 Å². The summed E-state index contributed by atoms with van der Waals surface area (Å²) >= 11 is 0. The monoisotopic (exact) mass is 286 g/mol. The second kappa shape index (κ2) is 5.96. The minimum absolute atomic E-state index is 0.148. The van der Waals surface area contributed by atoms with Gasteiger partial charge >= 0.3 is 0 Å². The van der Waals surface area contributed by atoms with Crippen LogP contribution in [0.3, 0.4) is 0 Å². The van der Waals surface area contributed by atoms with Crippen molar-refractivity contribution < 1.29 is 9.31 Å². The van der Waals surface area contributed by atoms with Crippen molar-refractivity contribution in [2.24, 2.45) is 0 Å². The lowest BCUT2D eigenvalue weighted by molar-refractivity contribution is -0.384. The van der Waals surface area contributed by atoms with E-state index in [9.17, 15) is 14.5 Å². The Morgan fingerprint density at radius 2 is 2.19 bits per heavy atom. The molecule has 0 aliphatic rings. The molecule has 1 atom stereocenters. The molecule has 6 nitrogen and oxygen atoms in total. The normalized spacial score (nSPS) is 11.5. The molecule has 0 aliphatic heterocycles. The molecule has 0 bridgehead atoms. The van der Waals surface area contributed by atoms with Gasteiger partial charge in [-0.05, 0) is 30.7 Å². The van der Waals surface area contributed by atoms with Crippen LogP contribution in [0.5, 0.6) is 0 Å². The van der Waals surface area contributed by atoms with Gasteiger partial charge in [0.1, 0.15) is 11.5 Å². The minimum atomic E-state index is -0.542. The van der Waals surface area contributed by atoms with Gasteiger partial charge in [0, 0.05) is 12.3 Å². The minimum Gasteiger partial charge on any atom is -0.373 e. The zero-order chi connectivity index (χ0) is 15.4. The number of nitro benzene ring substituents is 1. The smallest absolute Gasteiger partial charge is 0.292 e. The molecule has 1 aromatic heterocycles. The molecule has 0 amide bonds. The summed E-state index contributed by atoms with van der Waals surface area (Å²) < 4.78 is 13.2. The number of rotatable bonds is 4. The van der Waals surface area contributed by atoms with Crippen molar-refractivity contribution in [2.45, 2.75) is 13.0 Å². The van der Waals surface area contributed by atoms with Crippen LogP contribution in [0.1, 0.15) is 24.1 Å². The van der Waals surface area contributed by atoms with Crippen molar-refractivity contribution in [1.29, 1.82) is 5.26 Å². The predicted octanol–water partition coefficient (Wildman–Crippen LogP) is 3.17. The van der Waals surface area contributed by atoms with Gasteiger partial charge in [-0.3, -0.25) is 15.1 Å². The van der Waals surface area contributed by atoms with Crippen LogP contribution in [-0.2, 0) is 0 Å². The van der Waals surface area contributed by atoms with Gasteiger partial charge < -0.3 is 5.32 Å². The highest BCUT2D eigenvalue weighted by Crippen LogP contribution is 2.29. The molecule has 0 saturated carbocycles. The number of benzene rings is 1. The van der Waals surface area contributed by atoms with Crippen LogP contribution in [0, 0.1) is 27.3 Å². The first-order valence-electron chi connectivity index (χ1n) is 6.07. The summed E-state index contributed by atoms with van der Waals surface area (Å²) in [5.41, 5.74) is 0.903. The number of nitriles is 1. The molecule has 0 radical (unpaired) electrons. The lowest BCUT2D eigenvalue weighted by atomic mass is 10.1. The number of pyridine rings is 1. The SMILES string of the molecule is CC(Nc1cc(C#N)ccc1[N+](=O)[O-])c1cncc(F)c1.